The number of carboxylic acid groups (broad SMARTS) is 1. The summed E-state index contributed by atoms with van der Waals surface area (Å²) in [6.45, 7) is 2.02. The maximum atomic E-state index is 12.0. The van der Waals surface area contributed by atoms with E-state index < -0.39 is 5.97 Å². The van der Waals surface area contributed by atoms with Gasteiger partial charge in [-0.1, -0.05) is 12.1 Å². The number of carbonyl (C=O) groups excluding carboxylic acids is 1. The van der Waals surface area contributed by atoms with Crippen LogP contribution in [0.3, 0.4) is 0 Å². The van der Waals surface area contributed by atoms with Crippen molar-refractivity contribution in [3.63, 3.8) is 0 Å². The molecular weight excluding hydrogens is 296 g/mol. The Hall–Kier alpha value is -2.96. The molecule has 0 aliphatic carbocycles. The Kier molecular flexibility index (Phi) is 5.24. The van der Waals surface area contributed by atoms with E-state index >= 15 is 0 Å². The Morgan fingerprint density at radius 3 is 2.78 bits per heavy atom. The second-order valence-corrected chi connectivity index (χ2v) is 5.10. The number of rotatable bonds is 5. The second kappa shape index (κ2) is 7.35. The third kappa shape index (κ3) is 4.77. The summed E-state index contributed by atoms with van der Waals surface area (Å²) in [7, 11) is 1.55. The van der Waals surface area contributed by atoms with E-state index in [-0.39, 0.29) is 19.0 Å². The van der Waals surface area contributed by atoms with Crippen LogP contribution in [0.2, 0.25) is 0 Å². The number of amides is 2. The molecule has 0 spiro atoms. The molecule has 0 fully saturated rings. The van der Waals surface area contributed by atoms with Gasteiger partial charge in [0, 0.05) is 36.7 Å². The van der Waals surface area contributed by atoms with Crippen LogP contribution in [0.1, 0.15) is 12.1 Å². The molecule has 7 heteroatoms. The van der Waals surface area contributed by atoms with Crippen LogP contribution in [0.4, 0.5) is 10.5 Å². The second-order valence-electron chi connectivity index (χ2n) is 5.10. The first-order valence-corrected chi connectivity index (χ1v) is 7.09. The zero-order valence-electron chi connectivity index (χ0n) is 13.0. The van der Waals surface area contributed by atoms with Crippen molar-refractivity contribution in [3.05, 3.63) is 42.2 Å². The van der Waals surface area contributed by atoms with Crippen molar-refractivity contribution in [2.45, 2.75) is 13.3 Å². The van der Waals surface area contributed by atoms with E-state index in [1.54, 1.807) is 31.4 Å². The van der Waals surface area contributed by atoms with Crippen molar-refractivity contribution < 1.29 is 14.7 Å². The van der Waals surface area contributed by atoms with Crippen LogP contribution in [0.5, 0.6) is 0 Å². The molecule has 0 saturated carbocycles. The number of aromatic nitrogens is 2. The maximum absolute atomic E-state index is 12.0. The molecule has 2 aromatic rings. The Morgan fingerprint density at radius 2 is 2.09 bits per heavy atom. The summed E-state index contributed by atoms with van der Waals surface area (Å²) < 4.78 is 0. The lowest BCUT2D eigenvalue weighted by molar-refractivity contribution is -0.137. The lowest BCUT2D eigenvalue weighted by Crippen LogP contribution is -2.33. The van der Waals surface area contributed by atoms with Crippen LogP contribution in [-0.4, -0.2) is 45.6 Å². The lowest BCUT2D eigenvalue weighted by Gasteiger charge is -2.17. The topological polar surface area (TPSA) is 95.4 Å². The zero-order chi connectivity index (χ0) is 16.8. The number of aryl methyl sites for hydroxylation is 1. The Morgan fingerprint density at radius 1 is 1.30 bits per heavy atom. The Labute approximate surface area is 134 Å². The summed E-state index contributed by atoms with van der Waals surface area (Å²) in [5, 5.41) is 11.4. The van der Waals surface area contributed by atoms with Gasteiger partial charge in [0.15, 0.2) is 5.82 Å². The molecule has 1 heterocycles. The zero-order valence-corrected chi connectivity index (χ0v) is 13.0. The van der Waals surface area contributed by atoms with Gasteiger partial charge in [-0.25, -0.2) is 14.8 Å². The minimum absolute atomic E-state index is 0.0961. The average molecular weight is 314 g/mol. The summed E-state index contributed by atoms with van der Waals surface area (Å²) in [5.74, 6) is -0.358. The highest BCUT2D eigenvalue weighted by Crippen LogP contribution is 2.19. The molecule has 7 nitrogen and oxygen atoms in total. The van der Waals surface area contributed by atoms with E-state index in [2.05, 4.69) is 15.3 Å². The first-order valence-electron chi connectivity index (χ1n) is 7.09. The maximum Gasteiger partial charge on any atom is 0.321 e. The predicted molar refractivity (Wildman–Crippen MR) is 86.1 cm³/mol. The number of benzene rings is 1. The number of carboxylic acids is 1. The molecule has 0 radical (unpaired) electrons. The van der Waals surface area contributed by atoms with Gasteiger partial charge in [0.05, 0.1) is 6.42 Å². The van der Waals surface area contributed by atoms with Gasteiger partial charge >= 0.3 is 12.0 Å². The number of anilines is 1. The Balaban J connectivity index is 2.08. The van der Waals surface area contributed by atoms with Crippen LogP contribution in [0.15, 0.2) is 36.5 Å². The number of nitrogens with one attached hydrogen (secondary N) is 1. The minimum Gasteiger partial charge on any atom is -0.481 e. The summed E-state index contributed by atoms with van der Waals surface area (Å²) in [6, 6.07) is 8.63. The van der Waals surface area contributed by atoms with Crippen molar-refractivity contribution in [3.8, 4) is 11.4 Å². The van der Waals surface area contributed by atoms with E-state index in [4.69, 9.17) is 5.11 Å². The third-order valence-electron chi connectivity index (χ3n) is 3.17. The molecule has 1 aromatic carbocycles. The largest absolute Gasteiger partial charge is 0.481 e. The molecule has 0 aliphatic rings. The fourth-order valence-electron chi connectivity index (χ4n) is 1.91. The molecule has 2 amide bonds. The summed E-state index contributed by atoms with van der Waals surface area (Å²) in [6.07, 6.45) is 1.59. The van der Waals surface area contributed by atoms with Crippen LogP contribution < -0.4 is 5.32 Å². The van der Waals surface area contributed by atoms with Crippen LogP contribution in [0.25, 0.3) is 11.4 Å². The fraction of sp³-hybridized carbons (Fsp3) is 0.250. The van der Waals surface area contributed by atoms with Gasteiger partial charge in [-0.15, -0.1) is 0 Å². The van der Waals surface area contributed by atoms with E-state index in [1.165, 1.54) is 4.90 Å². The molecule has 2 N–H and O–H groups in total. The lowest BCUT2D eigenvalue weighted by atomic mass is 10.2. The van der Waals surface area contributed by atoms with Crippen molar-refractivity contribution in [2.75, 3.05) is 18.9 Å². The number of nitrogens with zero attached hydrogens (tertiary/aromatic N) is 3. The number of carbonyl (C=O) groups is 2. The van der Waals surface area contributed by atoms with Crippen molar-refractivity contribution in [1.29, 1.82) is 0 Å². The molecule has 23 heavy (non-hydrogen) atoms. The number of hydrogen-bond donors (Lipinski definition) is 2. The summed E-state index contributed by atoms with van der Waals surface area (Å²) >= 11 is 0. The number of aliphatic carboxylic acids is 1. The minimum atomic E-state index is -0.941. The molecule has 0 aliphatic heterocycles. The highest BCUT2D eigenvalue weighted by Gasteiger charge is 2.11. The quantitative estimate of drug-likeness (QED) is 0.883. The van der Waals surface area contributed by atoms with Crippen LogP contribution >= 0.6 is 0 Å². The molecular formula is C16H18N4O3. The highest BCUT2D eigenvalue weighted by atomic mass is 16.4. The van der Waals surface area contributed by atoms with Gasteiger partial charge in [-0.05, 0) is 25.1 Å². The van der Waals surface area contributed by atoms with E-state index in [0.29, 0.717) is 11.5 Å². The van der Waals surface area contributed by atoms with E-state index in [1.807, 2.05) is 19.1 Å². The molecule has 0 saturated heterocycles. The molecule has 0 unspecified atom stereocenters. The van der Waals surface area contributed by atoms with E-state index in [9.17, 15) is 9.59 Å². The fourth-order valence-corrected chi connectivity index (χ4v) is 1.91. The van der Waals surface area contributed by atoms with Crippen molar-refractivity contribution in [2.24, 2.45) is 0 Å². The summed E-state index contributed by atoms with van der Waals surface area (Å²) in [4.78, 5) is 32.4. The van der Waals surface area contributed by atoms with Gasteiger partial charge in [-0.3, -0.25) is 4.79 Å². The number of urea groups is 1. The Bertz CT molecular complexity index is 718. The molecule has 120 valence electrons. The highest BCUT2D eigenvalue weighted by molar-refractivity contribution is 5.90. The molecule has 2 rings (SSSR count). The van der Waals surface area contributed by atoms with Crippen LogP contribution in [0, 0.1) is 6.92 Å². The first kappa shape index (κ1) is 16.4. The number of hydrogen-bond acceptors (Lipinski definition) is 4. The van der Waals surface area contributed by atoms with Gasteiger partial charge < -0.3 is 15.3 Å². The smallest absolute Gasteiger partial charge is 0.321 e. The standard InChI is InChI=1S/C16H18N4O3/c1-11-6-8-17-15(18-11)12-4-3-5-13(10-12)19-16(23)20(2)9-7-14(21)22/h3-6,8,10H,7,9H2,1-2H3,(H,19,23)(H,21,22). The molecule has 1 aromatic heterocycles. The van der Waals surface area contributed by atoms with Crippen LogP contribution in [-0.2, 0) is 4.79 Å². The van der Waals surface area contributed by atoms with E-state index in [0.717, 1.165) is 11.3 Å². The first-order chi connectivity index (χ1) is 11.0. The van der Waals surface area contributed by atoms with Crippen molar-refractivity contribution >= 4 is 17.7 Å². The molecule has 0 atom stereocenters. The predicted octanol–water partition coefficient (Wildman–Crippen LogP) is 2.39. The average Bonchev–Trinajstić information content (AvgIpc) is 2.52. The van der Waals surface area contributed by atoms with Gasteiger partial charge in [0.1, 0.15) is 0 Å². The van der Waals surface area contributed by atoms with Gasteiger partial charge in [0.25, 0.3) is 0 Å². The monoisotopic (exact) mass is 314 g/mol. The summed E-state index contributed by atoms with van der Waals surface area (Å²) in [5.41, 5.74) is 2.25. The normalized spacial score (nSPS) is 10.2. The SMILES string of the molecule is Cc1ccnc(-c2cccc(NC(=O)N(C)CCC(=O)O)c2)n1. The molecule has 0 bridgehead atoms. The van der Waals surface area contributed by atoms with Gasteiger partial charge in [-0.2, -0.15) is 0 Å². The van der Waals surface area contributed by atoms with Gasteiger partial charge in [0.2, 0.25) is 0 Å². The third-order valence-corrected chi connectivity index (χ3v) is 3.17. The van der Waals surface area contributed by atoms with Crippen molar-refractivity contribution in [1.82, 2.24) is 14.9 Å².